The maximum atomic E-state index is 13.1. The Balaban J connectivity index is 1.60. The van der Waals surface area contributed by atoms with E-state index in [0.717, 1.165) is 30.7 Å². The first-order valence-electron chi connectivity index (χ1n) is 13.7. The number of hydrogen-bond donors (Lipinski definition) is 1. The van der Waals surface area contributed by atoms with E-state index in [4.69, 9.17) is 9.73 Å². The Bertz CT molecular complexity index is 995. The first-order chi connectivity index (χ1) is 18.1. The first-order valence-corrected chi connectivity index (χ1v) is 14.6. The van der Waals surface area contributed by atoms with Gasteiger partial charge in [-0.15, -0.1) is 0 Å². The molecule has 200 valence electrons. The number of ether oxygens (including phenoxy) is 1. The summed E-state index contributed by atoms with van der Waals surface area (Å²) in [4.78, 5) is 32.8. The number of amides is 2. The lowest BCUT2D eigenvalue weighted by atomic mass is 10.1. The fourth-order valence-corrected chi connectivity index (χ4v) is 5.25. The highest BCUT2D eigenvalue weighted by Gasteiger charge is 2.35. The van der Waals surface area contributed by atoms with Gasteiger partial charge in [0.15, 0.2) is 5.17 Å². The van der Waals surface area contributed by atoms with E-state index in [-0.39, 0.29) is 18.2 Å². The zero-order valence-corrected chi connectivity index (χ0v) is 23.1. The number of rotatable bonds is 15. The van der Waals surface area contributed by atoms with Crippen molar-refractivity contribution in [3.63, 3.8) is 0 Å². The summed E-state index contributed by atoms with van der Waals surface area (Å²) >= 11 is 1.37. The van der Waals surface area contributed by atoms with Crippen LogP contribution in [0.3, 0.4) is 0 Å². The van der Waals surface area contributed by atoms with Gasteiger partial charge in [0, 0.05) is 18.7 Å². The standard InChI is InChI=1S/C30H41N3O3S/c1-3-5-7-9-13-21-33-28(34)23-27(37-30(33)32-24-15-11-10-12-16-24)29(35)31-25-17-19-26(20-18-25)36-22-14-8-6-4-2/h10-12,15-20,27H,3-9,13-14,21-23H2,1-2H3,(H,31,35). The summed E-state index contributed by atoms with van der Waals surface area (Å²) in [5, 5.41) is 3.04. The fourth-order valence-electron chi connectivity index (χ4n) is 4.12. The number of aliphatic imine (C=N–C) groups is 1. The van der Waals surface area contributed by atoms with E-state index in [1.807, 2.05) is 54.6 Å². The molecule has 0 aliphatic carbocycles. The summed E-state index contributed by atoms with van der Waals surface area (Å²) in [5.41, 5.74) is 1.47. The van der Waals surface area contributed by atoms with E-state index in [0.29, 0.717) is 24.0 Å². The number of hydrogen-bond acceptors (Lipinski definition) is 5. The summed E-state index contributed by atoms with van der Waals surface area (Å²) in [6.07, 6.45) is 10.4. The lowest BCUT2D eigenvalue weighted by Gasteiger charge is -2.32. The van der Waals surface area contributed by atoms with Crippen LogP contribution >= 0.6 is 11.8 Å². The second-order valence-corrected chi connectivity index (χ2v) is 10.6. The number of carbonyl (C=O) groups excluding carboxylic acids is 2. The van der Waals surface area contributed by atoms with Gasteiger partial charge in [-0.1, -0.05) is 88.8 Å². The lowest BCUT2D eigenvalue weighted by Crippen LogP contribution is -2.45. The summed E-state index contributed by atoms with van der Waals surface area (Å²) < 4.78 is 5.80. The van der Waals surface area contributed by atoms with Gasteiger partial charge in [0.05, 0.1) is 12.3 Å². The third kappa shape index (κ3) is 9.88. The van der Waals surface area contributed by atoms with Crippen LogP contribution < -0.4 is 10.1 Å². The highest BCUT2D eigenvalue weighted by molar-refractivity contribution is 8.15. The molecule has 1 aliphatic heterocycles. The van der Waals surface area contributed by atoms with Crippen molar-refractivity contribution in [1.29, 1.82) is 0 Å². The molecule has 0 saturated carbocycles. The molecule has 1 N–H and O–H groups in total. The SMILES string of the molecule is CCCCCCCN1C(=O)CC(C(=O)Nc2ccc(OCCCCCC)cc2)SC1=Nc1ccccc1. The highest BCUT2D eigenvalue weighted by Crippen LogP contribution is 2.30. The van der Waals surface area contributed by atoms with E-state index in [2.05, 4.69) is 19.2 Å². The van der Waals surface area contributed by atoms with Crippen LogP contribution in [0.1, 0.15) is 78.1 Å². The van der Waals surface area contributed by atoms with Crippen molar-refractivity contribution >= 4 is 40.1 Å². The number of para-hydroxylation sites is 1. The smallest absolute Gasteiger partial charge is 0.238 e. The zero-order chi connectivity index (χ0) is 26.3. The largest absolute Gasteiger partial charge is 0.494 e. The van der Waals surface area contributed by atoms with Crippen LogP contribution in [0.4, 0.5) is 11.4 Å². The molecule has 0 bridgehead atoms. The Hall–Kier alpha value is -2.80. The minimum Gasteiger partial charge on any atom is -0.494 e. The van der Waals surface area contributed by atoms with Crippen molar-refractivity contribution in [2.24, 2.45) is 4.99 Å². The first kappa shape index (κ1) is 28.8. The maximum Gasteiger partial charge on any atom is 0.238 e. The quantitative estimate of drug-likeness (QED) is 0.244. The van der Waals surface area contributed by atoms with Gasteiger partial charge in [-0.25, -0.2) is 4.99 Å². The summed E-state index contributed by atoms with van der Waals surface area (Å²) in [6, 6.07) is 17.0. The second kappa shape index (κ2) is 16.1. The molecule has 2 aromatic carbocycles. The molecule has 1 saturated heterocycles. The molecular weight excluding hydrogens is 482 g/mol. The van der Waals surface area contributed by atoms with Crippen molar-refractivity contribution in [1.82, 2.24) is 4.90 Å². The van der Waals surface area contributed by atoms with Gasteiger partial charge in [0.25, 0.3) is 0 Å². The molecule has 6 nitrogen and oxygen atoms in total. The van der Waals surface area contributed by atoms with Crippen LogP contribution in [-0.4, -0.2) is 40.3 Å². The average Bonchev–Trinajstić information content (AvgIpc) is 2.91. The summed E-state index contributed by atoms with van der Waals surface area (Å²) in [6.45, 7) is 5.72. The van der Waals surface area contributed by atoms with Crippen LogP contribution in [0, 0.1) is 0 Å². The number of anilines is 1. The second-order valence-electron chi connectivity index (χ2n) is 9.42. The third-order valence-electron chi connectivity index (χ3n) is 6.29. The van der Waals surface area contributed by atoms with Crippen LogP contribution in [0.2, 0.25) is 0 Å². The minimum atomic E-state index is -0.527. The van der Waals surface area contributed by atoms with Gasteiger partial charge >= 0.3 is 0 Å². The molecule has 37 heavy (non-hydrogen) atoms. The van der Waals surface area contributed by atoms with E-state index in [1.165, 1.54) is 50.3 Å². The molecular formula is C30H41N3O3S. The van der Waals surface area contributed by atoms with Crippen LogP contribution in [-0.2, 0) is 9.59 Å². The topological polar surface area (TPSA) is 71.0 Å². The van der Waals surface area contributed by atoms with E-state index in [9.17, 15) is 9.59 Å². The van der Waals surface area contributed by atoms with Crippen LogP contribution in [0.25, 0.3) is 0 Å². The normalized spacial score (nSPS) is 16.7. The van der Waals surface area contributed by atoms with E-state index in [1.54, 1.807) is 4.90 Å². The average molecular weight is 524 g/mol. The zero-order valence-electron chi connectivity index (χ0n) is 22.3. The molecule has 1 aliphatic rings. The predicted octanol–water partition coefficient (Wildman–Crippen LogP) is 7.58. The molecule has 1 fully saturated rings. The number of amidine groups is 1. The minimum absolute atomic E-state index is 0.0455. The van der Waals surface area contributed by atoms with Gasteiger partial charge in [-0.3, -0.25) is 14.5 Å². The number of unbranched alkanes of at least 4 members (excludes halogenated alkanes) is 7. The fraction of sp³-hybridized carbons (Fsp3) is 0.500. The molecule has 3 rings (SSSR count). The van der Waals surface area contributed by atoms with Crippen molar-refractivity contribution in [2.75, 3.05) is 18.5 Å². The molecule has 2 aromatic rings. The Morgan fingerprint density at radius 1 is 0.946 bits per heavy atom. The molecule has 2 amide bonds. The number of benzene rings is 2. The van der Waals surface area contributed by atoms with Gasteiger partial charge in [0.1, 0.15) is 11.0 Å². The van der Waals surface area contributed by atoms with Crippen molar-refractivity contribution in [2.45, 2.75) is 83.3 Å². The Kier molecular flexibility index (Phi) is 12.5. The Morgan fingerprint density at radius 3 is 2.32 bits per heavy atom. The molecule has 1 unspecified atom stereocenters. The van der Waals surface area contributed by atoms with E-state index < -0.39 is 5.25 Å². The number of nitrogens with one attached hydrogen (secondary N) is 1. The Labute approximate surface area is 226 Å². The number of carbonyl (C=O) groups is 2. The maximum absolute atomic E-state index is 13.1. The third-order valence-corrected chi connectivity index (χ3v) is 7.47. The number of thioether (sulfide) groups is 1. The molecule has 0 spiro atoms. The van der Waals surface area contributed by atoms with Gasteiger partial charge in [-0.05, 0) is 49.2 Å². The van der Waals surface area contributed by atoms with Crippen LogP contribution in [0.5, 0.6) is 5.75 Å². The molecule has 0 aromatic heterocycles. The van der Waals surface area contributed by atoms with E-state index >= 15 is 0 Å². The molecule has 1 atom stereocenters. The predicted molar refractivity (Wildman–Crippen MR) is 155 cm³/mol. The lowest BCUT2D eigenvalue weighted by molar-refractivity contribution is -0.129. The molecule has 0 radical (unpaired) electrons. The van der Waals surface area contributed by atoms with Crippen molar-refractivity contribution in [3.05, 3.63) is 54.6 Å². The molecule has 7 heteroatoms. The van der Waals surface area contributed by atoms with Crippen molar-refractivity contribution < 1.29 is 14.3 Å². The highest BCUT2D eigenvalue weighted by atomic mass is 32.2. The number of nitrogens with zero attached hydrogens (tertiary/aromatic N) is 2. The van der Waals surface area contributed by atoms with Crippen molar-refractivity contribution in [3.8, 4) is 5.75 Å². The molecule has 1 heterocycles. The summed E-state index contributed by atoms with van der Waals surface area (Å²) in [7, 11) is 0. The summed E-state index contributed by atoms with van der Waals surface area (Å²) in [5.74, 6) is 0.564. The monoisotopic (exact) mass is 523 g/mol. The van der Waals surface area contributed by atoms with Gasteiger partial charge < -0.3 is 10.1 Å². The van der Waals surface area contributed by atoms with Gasteiger partial charge in [-0.2, -0.15) is 0 Å². The van der Waals surface area contributed by atoms with Gasteiger partial charge in [0.2, 0.25) is 11.8 Å². The Morgan fingerprint density at radius 2 is 1.62 bits per heavy atom. The van der Waals surface area contributed by atoms with Crippen LogP contribution in [0.15, 0.2) is 59.6 Å².